The summed E-state index contributed by atoms with van der Waals surface area (Å²) in [6.07, 6.45) is 0. The zero-order valence-electron chi connectivity index (χ0n) is 12.9. The van der Waals surface area contributed by atoms with E-state index in [-0.39, 0.29) is 11.3 Å². The quantitative estimate of drug-likeness (QED) is 0.763. The molecule has 0 unspecified atom stereocenters. The third-order valence-electron chi connectivity index (χ3n) is 3.50. The Kier molecular flexibility index (Phi) is 3.45. The van der Waals surface area contributed by atoms with Crippen molar-refractivity contribution in [2.24, 2.45) is 0 Å². The summed E-state index contributed by atoms with van der Waals surface area (Å²) in [5, 5.41) is 8.82. The van der Waals surface area contributed by atoms with Crippen LogP contribution in [0.25, 0.3) is 10.8 Å². The van der Waals surface area contributed by atoms with Crippen LogP contribution in [0.4, 0.5) is 5.82 Å². The van der Waals surface area contributed by atoms with Crippen LogP contribution < -0.4 is 5.32 Å². The predicted octanol–water partition coefficient (Wildman–Crippen LogP) is 4.38. The normalized spacial score (nSPS) is 11.6. The van der Waals surface area contributed by atoms with Crippen molar-refractivity contribution in [2.75, 3.05) is 5.32 Å². The van der Waals surface area contributed by atoms with Crippen molar-refractivity contribution in [2.45, 2.75) is 26.2 Å². The second-order valence-electron chi connectivity index (χ2n) is 6.34. The third kappa shape index (κ3) is 2.86. The van der Waals surface area contributed by atoms with Gasteiger partial charge in [-0.3, -0.25) is 4.79 Å². The summed E-state index contributed by atoms with van der Waals surface area (Å²) in [6, 6.07) is 15.3. The molecule has 1 aromatic heterocycles. The van der Waals surface area contributed by atoms with Gasteiger partial charge in [0.25, 0.3) is 5.91 Å². The van der Waals surface area contributed by atoms with Gasteiger partial charge in [0.05, 0.1) is 0 Å². The standard InChI is InChI=1S/C18H18N2O2/c1-18(2,3)15-11-16(20-22-15)19-17(21)14-9-8-12-6-4-5-7-13(12)10-14/h4-11H,1-3H3,(H,19,20,21). The Morgan fingerprint density at radius 2 is 1.77 bits per heavy atom. The first-order chi connectivity index (χ1) is 10.4. The largest absolute Gasteiger partial charge is 0.359 e. The van der Waals surface area contributed by atoms with Crippen LogP contribution in [-0.4, -0.2) is 11.1 Å². The minimum atomic E-state index is -0.195. The van der Waals surface area contributed by atoms with Gasteiger partial charge in [0, 0.05) is 17.0 Å². The Bertz CT molecular complexity index is 828. The van der Waals surface area contributed by atoms with Crippen molar-refractivity contribution in [3.63, 3.8) is 0 Å². The monoisotopic (exact) mass is 294 g/mol. The summed E-state index contributed by atoms with van der Waals surface area (Å²) in [7, 11) is 0. The number of aromatic nitrogens is 1. The minimum Gasteiger partial charge on any atom is -0.359 e. The molecule has 0 saturated heterocycles. The number of hydrogen-bond donors (Lipinski definition) is 1. The van der Waals surface area contributed by atoms with E-state index < -0.39 is 0 Å². The molecule has 0 atom stereocenters. The lowest BCUT2D eigenvalue weighted by Crippen LogP contribution is -2.12. The van der Waals surface area contributed by atoms with E-state index in [9.17, 15) is 4.79 Å². The average Bonchev–Trinajstić information content (AvgIpc) is 2.95. The molecule has 4 nitrogen and oxygen atoms in total. The van der Waals surface area contributed by atoms with Gasteiger partial charge in [-0.25, -0.2) is 0 Å². The Morgan fingerprint density at radius 3 is 2.45 bits per heavy atom. The van der Waals surface area contributed by atoms with Crippen LogP contribution in [0.1, 0.15) is 36.9 Å². The van der Waals surface area contributed by atoms with Gasteiger partial charge in [0.1, 0.15) is 5.76 Å². The van der Waals surface area contributed by atoms with Crippen molar-refractivity contribution in [1.82, 2.24) is 5.16 Å². The minimum absolute atomic E-state index is 0.140. The molecule has 1 heterocycles. The van der Waals surface area contributed by atoms with Gasteiger partial charge in [0.15, 0.2) is 5.82 Å². The van der Waals surface area contributed by atoms with Crippen LogP contribution in [0.5, 0.6) is 0 Å². The number of anilines is 1. The Labute approximate surface area is 129 Å². The summed E-state index contributed by atoms with van der Waals surface area (Å²) < 4.78 is 5.27. The number of amides is 1. The summed E-state index contributed by atoms with van der Waals surface area (Å²) in [6.45, 7) is 6.09. The maximum atomic E-state index is 12.3. The molecule has 1 amide bonds. The lowest BCUT2D eigenvalue weighted by atomic mass is 9.93. The topological polar surface area (TPSA) is 55.1 Å². The molecule has 3 rings (SSSR count). The number of carbonyl (C=O) groups excluding carboxylic acids is 1. The molecule has 3 aromatic rings. The highest BCUT2D eigenvalue weighted by molar-refractivity contribution is 6.06. The van der Waals surface area contributed by atoms with E-state index in [1.165, 1.54) is 0 Å². The maximum Gasteiger partial charge on any atom is 0.256 e. The highest BCUT2D eigenvalue weighted by atomic mass is 16.5. The van der Waals surface area contributed by atoms with E-state index in [1.807, 2.05) is 63.2 Å². The summed E-state index contributed by atoms with van der Waals surface area (Å²) in [4.78, 5) is 12.3. The average molecular weight is 294 g/mol. The van der Waals surface area contributed by atoms with Crippen molar-refractivity contribution in [3.05, 3.63) is 59.9 Å². The highest BCUT2D eigenvalue weighted by Gasteiger charge is 2.20. The molecule has 0 saturated carbocycles. The molecule has 0 radical (unpaired) electrons. The molecule has 2 aromatic carbocycles. The number of rotatable bonds is 2. The number of nitrogens with one attached hydrogen (secondary N) is 1. The molecule has 112 valence electrons. The zero-order chi connectivity index (χ0) is 15.7. The lowest BCUT2D eigenvalue weighted by Gasteiger charge is -2.12. The van der Waals surface area contributed by atoms with Crippen LogP contribution in [0, 0.1) is 0 Å². The highest BCUT2D eigenvalue weighted by Crippen LogP contribution is 2.24. The molecule has 0 aliphatic heterocycles. The number of hydrogen-bond acceptors (Lipinski definition) is 3. The molecular formula is C18H18N2O2. The van der Waals surface area contributed by atoms with E-state index in [0.29, 0.717) is 11.4 Å². The summed E-state index contributed by atoms with van der Waals surface area (Å²) in [5.41, 5.74) is 0.456. The van der Waals surface area contributed by atoms with Crippen LogP contribution in [-0.2, 0) is 5.41 Å². The van der Waals surface area contributed by atoms with E-state index in [0.717, 1.165) is 16.5 Å². The third-order valence-corrected chi connectivity index (χ3v) is 3.50. The Balaban J connectivity index is 1.82. The molecule has 22 heavy (non-hydrogen) atoms. The summed E-state index contributed by atoms with van der Waals surface area (Å²) in [5.74, 6) is 0.976. The first-order valence-corrected chi connectivity index (χ1v) is 7.21. The van der Waals surface area contributed by atoms with Crippen LogP contribution in [0.2, 0.25) is 0 Å². The van der Waals surface area contributed by atoms with E-state index in [1.54, 1.807) is 6.07 Å². The molecular weight excluding hydrogens is 276 g/mol. The molecule has 1 N–H and O–H groups in total. The summed E-state index contributed by atoms with van der Waals surface area (Å²) >= 11 is 0. The number of fused-ring (bicyclic) bond motifs is 1. The predicted molar refractivity (Wildman–Crippen MR) is 87.1 cm³/mol. The fraction of sp³-hybridized carbons (Fsp3) is 0.222. The smallest absolute Gasteiger partial charge is 0.256 e. The maximum absolute atomic E-state index is 12.3. The van der Waals surface area contributed by atoms with E-state index >= 15 is 0 Å². The second kappa shape index (κ2) is 5.30. The number of nitrogens with zero attached hydrogens (tertiary/aromatic N) is 1. The van der Waals surface area contributed by atoms with Gasteiger partial charge in [-0.05, 0) is 22.9 Å². The van der Waals surface area contributed by atoms with Crippen molar-refractivity contribution in [1.29, 1.82) is 0 Å². The van der Waals surface area contributed by atoms with Crippen molar-refractivity contribution >= 4 is 22.5 Å². The number of benzene rings is 2. The molecule has 0 aliphatic carbocycles. The first kappa shape index (κ1) is 14.3. The lowest BCUT2D eigenvalue weighted by molar-refractivity contribution is 0.102. The molecule has 0 aliphatic rings. The van der Waals surface area contributed by atoms with Gasteiger partial charge in [0.2, 0.25) is 0 Å². The number of carbonyl (C=O) groups is 1. The van der Waals surface area contributed by atoms with Gasteiger partial charge in [-0.2, -0.15) is 0 Å². The van der Waals surface area contributed by atoms with Gasteiger partial charge >= 0.3 is 0 Å². The molecule has 0 bridgehead atoms. The van der Waals surface area contributed by atoms with E-state index in [2.05, 4.69) is 10.5 Å². The van der Waals surface area contributed by atoms with Crippen molar-refractivity contribution < 1.29 is 9.32 Å². The molecule has 0 spiro atoms. The fourth-order valence-electron chi connectivity index (χ4n) is 2.21. The zero-order valence-corrected chi connectivity index (χ0v) is 12.9. The first-order valence-electron chi connectivity index (χ1n) is 7.21. The van der Waals surface area contributed by atoms with Gasteiger partial charge in [-0.1, -0.05) is 56.3 Å². The molecule has 0 fully saturated rings. The SMILES string of the molecule is CC(C)(C)c1cc(NC(=O)c2ccc3ccccc3c2)no1. The van der Waals surface area contributed by atoms with Crippen LogP contribution >= 0.6 is 0 Å². The van der Waals surface area contributed by atoms with Gasteiger partial charge in [-0.15, -0.1) is 0 Å². The Hall–Kier alpha value is -2.62. The van der Waals surface area contributed by atoms with E-state index in [4.69, 9.17) is 4.52 Å². The van der Waals surface area contributed by atoms with Crippen LogP contribution in [0.15, 0.2) is 53.1 Å². The fourth-order valence-corrected chi connectivity index (χ4v) is 2.21. The Morgan fingerprint density at radius 1 is 1.05 bits per heavy atom. The van der Waals surface area contributed by atoms with Gasteiger partial charge < -0.3 is 9.84 Å². The second-order valence-corrected chi connectivity index (χ2v) is 6.34. The van der Waals surface area contributed by atoms with Crippen molar-refractivity contribution in [3.8, 4) is 0 Å². The molecule has 4 heteroatoms. The van der Waals surface area contributed by atoms with Crippen LogP contribution in [0.3, 0.4) is 0 Å².